The van der Waals surface area contributed by atoms with Crippen LogP contribution in [0.4, 0.5) is 4.39 Å². The summed E-state index contributed by atoms with van der Waals surface area (Å²) < 4.78 is 18.7. The van der Waals surface area contributed by atoms with Crippen molar-refractivity contribution in [3.05, 3.63) is 112 Å². The van der Waals surface area contributed by atoms with Crippen molar-refractivity contribution in [2.75, 3.05) is 0 Å². The van der Waals surface area contributed by atoms with Gasteiger partial charge in [0.05, 0.1) is 16.8 Å². The molecule has 0 unspecified atom stereocenters. The molecule has 0 aliphatic rings. The van der Waals surface area contributed by atoms with E-state index < -0.39 is 17.7 Å². The Kier molecular flexibility index (Phi) is 6.24. The minimum absolute atomic E-state index is 0.231. The fourth-order valence-electron chi connectivity index (χ4n) is 3.10. The van der Waals surface area contributed by atoms with Crippen molar-refractivity contribution in [1.29, 1.82) is 0 Å². The van der Waals surface area contributed by atoms with Crippen LogP contribution in [0.1, 0.15) is 26.3 Å². The lowest BCUT2D eigenvalue weighted by Crippen LogP contribution is -2.17. The smallest absolute Gasteiger partial charge is 0.345 e. The van der Waals surface area contributed by atoms with E-state index in [-0.39, 0.29) is 21.9 Å². The Bertz CT molecular complexity index is 1340. The molecule has 0 aliphatic heterocycles. The quantitative estimate of drug-likeness (QED) is 0.187. The summed E-state index contributed by atoms with van der Waals surface area (Å²) in [6, 6.07) is 22.6. The van der Waals surface area contributed by atoms with Crippen molar-refractivity contribution >= 4 is 40.5 Å². The summed E-state index contributed by atoms with van der Waals surface area (Å²) >= 11 is 6.11. The van der Waals surface area contributed by atoms with Gasteiger partial charge in [-0.05, 0) is 53.2 Å². The Morgan fingerprint density at radius 1 is 0.906 bits per heavy atom. The van der Waals surface area contributed by atoms with Crippen LogP contribution < -0.4 is 10.2 Å². The molecule has 0 aliphatic carbocycles. The van der Waals surface area contributed by atoms with Crippen LogP contribution >= 0.6 is 11.6 Å². The number of carbonyl (C=O) groups is 2. The van der Waals surface area contributed by atoms with Gasteiger partial charge >= 0.3 is 5.97 Å². The first kappa shape index (κ1) is 21.2. The van der Waals surface area contributed by atoms with Gasteiger partial charge in [0.25, 0.3) is 5.91 Å². The fraction of sp³-hybridized carbons (Fsp3) is 0. The molecule has 0 fully saturated rings. The molecule has 4 aromatic rings. The van der Waals surface area contributed by atoms with Gasteiger partial charge in [-0.25, -0.2) is 14.6 Å². The number of hydrogen-bond acceptors (Lipinski definition) is 4. The fourth-order valence-corrected chi connectivity index (χ4v) is 3.31. The normalized spacial score (nSPS) is 10.9. The van der Waals surface area contributed by atoms with Gasteiger partial charge in [-0.15, -0.1) is 0 Å². The Labute approximate surface area is 188 Å². The van der Waals surface area contributed by atoms with E-state index in [0.717, 1.165) is 10.8 Å². The number of amides is 1. The van der Waals surface area contributed by atoms with E-state index in [0.29, 0.717) is 5.56 Å². The molecule has 1 N–H and O–H groups in total. The first-order chi connectivity index (χ1) is 15.5. The van der Waals surface area contributed by atoms with E-state index >= 15 is 0 Å². The van der Waals surface area contributed by atoms with E-state index in [1.165, 1.54) is 30.5 Å². The van der Waals surface area contributed by atoms with Crippen LogP contribution in [0.5, 0.6) is 5.75 Å². The minimum atomic E-state index is -0.615. The third kappa shape index (κ3) is 4.66. The Morgan fingerprint density at radius 2 is 1.62 bits per heavy atom. The van der Waals surface area contributed by atoms with Crippen molar-refractivity contribution in [2.45, 2.75) is 0 Å². The van der Waals surface area contributed by atoms with Crippen molar-refractivity contribution in [1.82, 2.24) is 5.43 Å². The lowest BCUT2D eigenvalue weighted by molar-refractivity contribution is 0.0734. The van der Waals surface area contributed by atoms with Gasteiger partial charge in [0.2, 0.25) is 0 Å². The molecule has 0 atom stereocenters. The molecule has 5 nitrogen and oxygen atoms in total. The Balaban J connectivity index is 1.63. The highest BCUT2D eigenvalue weighted by molar-refractivity contribution is 6.33. The third-order valence-electron chi connectivity index (χ3n) is 4.69. The largest absolute Gasteiger partial charge is 0.422 e. The molecule has 0 saturated carbocycles. The van der Waals surface area contributed by atoms with E-state index in [2.05, 4.69) is 10.5 Å². The van der Waals surface area contributed by atoms with Gasteiger partial charge in [-0.2, -0.15) is 5.10 Å². The Morgan fingerprint density at radius 3 is 2.41 bits per heavy atom. The van der Waals surface area contributed by atoms with Crippen LogP contribution in [-0.4, -0.2) is 18.1 Å². The second-order valence-corrected chi connectivity index (χ2v) is 7.18. The topological polar surface area (TPSA) is 67.8 Å². The molecule has 4 aromatic carbocycles. The van der Waals surface area contributed by atoms with Crippen molar-refractivity contribution < 1.29 is 18.7 Å². The summed E-state index contributed by atoms with van der Waals surface area (Å²) in [6.45, 7) is 0. The van der Waals surface area contributed by atoms with Gasteiger partial charge in [0.15, 0.2) is 0 Å². The summed E-state index contributed by atoms with van der Waals surface area (Å²) in [4.78, 5) is 24.9. The van der Waals surface area contributed by atoms with Crippen LogP contribution in [0.15, 0.2) is 90.0 Å². The molecule has 7 heteroatoms. The van der Waals surface area contributed by atoms with Crippen LogP contribution in [0.3, 0.4) is 0 Å². The van der Waals surface area contributed by atoms with Crippen molar-refractivity contribution in [2.24, 2.45) is 5.10 Å². The van der Waals surface area contributed by atoms with Gasteiger partial charge in [-0.1, -0.05) is 54.1 Å². The predicted octanol–water partition coefficient (Wildman–Crippen LogP) is 5.62. The molecule has 0 spiro atoms. The van der Waals surface area contributed by atoms with Gasteiger partial charge in [0, 0.05) is 11.1 Å². The average molecular weight is 447 g/mol. The van der Waals surface area contributed by atoms with Crippen molar-refractivity contribution in [3.8, 4) is 5.75 Å². The number of nitrogens with zero attached hydrogens (tertiary/aromatic N) is 1. The predicted molar refractivity (Wildman–Crippen MR) is 122 cm³/mol. The molecule has 0 bridgehead atoms. The van der Waals surface area contributed by atoms with Crippen LogP contribution in [0, 0.1) is 5.82 Å². The SMILES string of the molecule is O=C(N/N=C\c1c(OC(=O)c2ccccc2Cl)ccc2ccccc12)c1ccc(F)cc1. The Hall–Kier alpha value is -4.03. The number of esters is 1. The first-order valence-corrected chi connectivity index (χ1v) is 9.98. The number of hydrogen-bond donors (Lipinski definition) is 1. The maximum absolute atomic E-state index is 13.1. The molecule has 4 rings (SSSR count). The number of benzene rings is 4. The van der Waals surface area contributed by atoms with Gasteiger partial charge < -0.3 is 4.74 Å². The highest BCUT2D eigenvalue weighted by atomic mass is 35.5. The zero-order chi connectivity index (χ0) is 22.5. The number of ether oxygens (including phenoxy) is 1. The molecule has 0 aromatic heterocycles. The highest BCUT2D eigenvalue weighted by Gasteiger charge is 2.16. The third-order valence-corrected chi connectivity index (χ3v) is 5.02. The summed E-state index contributed by atoms with van der Waals surface area (Å²) in [5.74, 6) is -1.30. The monoisotopic (exact) mass is 446 g/mol. The second kappa shape index (κ2) is 9.41. The summed E-state index contributed by atoms with van der Waals surface area (Å²) in [7, 11) is 0. The number of carbonyl (C=O) groups excluding carboxylic acids is 2. The van der Waals surface area contributed by atoms with Crippen LogP contribution in [0.25, 0.3) is 10.8 Å². The zero-order valence-electron chi connectivity index (χ0n) is 16.6. The first-order valence-electron chi connectivity index (χ1n) is 9.60. The van der Waals surface area contributed by atoms with Crippen LogP contribution in [0.2, 0.25) is 5.02 Å². The van der Waals surface area contributed by atoms with E-state index in [1.807, 2.05) is 30.3 Å². The molecule has 158 valence electrons. The molecular formula is C25H16ClFN2O3. The van der Waals surface area contributed by atoms with Gasteiger partial charge in [-0.3, -0.25) is 4.79 Å². The van der Waals surface area contributed by atoms with Crippen LogP contribution in [-0.2, 0) is 0 Å². The lowest BCUT2D eigenvalue weighted by atomic mass is 10.0. The molecular weight excluding hydrogens is 431 g/mol. The van der Waals surface area contributed by atoms with Gasteiger partial charge in [0.1, 0.15) is 11.6 Å². The van der Waals surface area contributed by atoms with Crippen molar-refractivity contribution in [3.63, 3.8) is 0 Å². The van der Waals surface area contributed by atoms with E-state index in [4.69, 9.17) is 16.3 Å². The molecule has 32 heavy (non-hydrogen) atoms. The average Bonchev–Trinajstić information content (AvgIpc) is 2.80. The molecule has 1 amide bonds. The second-order valence-electron chi connectivity index (χ2n) is 6.77. The number of hydrazone groups is 1. The zero-order valence-corrected chi connectivity index (χ0v) is 17.3. The maximum atomic E-state index is 13.1. The molecule has 0 radical (unpaired) electrons. The summed E-state index contributed by atoms with van der Waals surface area (Å²) in [5.41, 5.74) is 3.39. The molecule has 0 saturated heterocycles. The maximum Gasteiger partial charge on any atom is 0.345 e. The molecule has 0 heterocycles. The minimum Gasteiger partial charge on any atom is -0.422 e. The van der Waals surface area contributed by atoms with E-state index in [9.17, 15) is 14.0 Å². The number of fused-ring (bicyclic) bond motifs is 1. The summed E-state index contributed by atoms with van der Waals surface area (Å²) in [5, 5.41) is 5.97. The number of rotatable bonds is 5. The van der Waals surface area contributed by atoms with E-state index in [1.54, 1.807) is 30.3 Å². The summed E-state index contributed by atoms with van der Waals surface area (Å²) in [6.07, 6.45) is 1.40. The lowest BCUT2D eigenvalue weighted by Gasteiger charge is -2.11. The standard InChI is InChI=1S/C25H16ClFN2O3/c26-22-8-4-3-7-20(22)25(31)32-23-14-11-16-5-1-2-6-19(16)21(23)15-28-29-24(30)17-9-12-18(27)13-10-17/h1-15H,(H,29,30)/b28-15-. The number of nitrogens with one attached hydrogen (secondary N) is 1. The number of halogens is 2. The highest BCUT2D eigenvalue weighted by Crippen LogP contribution is 2.28.